The molecular weight excluding hydrogens is 396 g/mol. The number of anilines is 2. The summed E-state index contributed by atoms with van der Waals surface area (Å²) in [4.78, 5) is 42.0. The Kier molecular flexibility index (Phi) is 5.15. The molecule has 164 valence electrons. The monoisotopic (exact) mass is 424 g/mol. The summed E-state index contributed by atoms with van der Waals surface area (Å²) in [7, 11) is 0. The van der Waals surface area contributed by atoms with Gasteiger partial charge in [0, 0.05) is 24.9 Å². The number of carbonyl (C=O) groups is 3. The van der Waals surface area contributed by atoms with Gasteiger partial charge in [-0.05, 0) is 53.2 Å². The van der Waals surface area contributed by atoms with Gasteiger partial charge in [0.05, 0.1) is 23.0 Å². The van der Waals surface area contributed by atoms with Crippen LogP contribution in [0.1, 0.15) is 72.8 Å². The summed E-state index contributed by atoms with van der Waals surface area (Å²) >= 11 is 0. The molecule has 0 saturated heterocycles. The van der Waals surface area contributed by atoms with Crippen molar-refractivity contribution >= 4 is 29.2 Å². The fourth-order valence-electron chi connectivity index (χ4n) is 4.34. The molecule has 2 amide bonds. The Balaban J connectivity index is 1.72. The lowest BCUT2D eigenvalue weighted by Crippen LogP contribution is -2.52. The molecule has 1 atom stereocenters. The van der Waals surface area contributed by atoms with Gasteiger partial charge in [0.2, 0.25) is 0 Å². The second-order valence-electron chi connectivity index (χ2n) is 9.23. The number of carbonyl (C=O) groups excluding carboxylic acids is 3. The minimum atomic E-state index is -0.626. The summed E-state index contributed by atoms with van der Waals surface area (Å²) in [6.45, 7) is 9.41. The number of rotatable bonds is 1. The van der Waals surface area contributed by atoms with Gasteiger partial charge in [-0.1, -0.05) is 12.1 Å². The quantitative estimate of drug-likeness (QED) is 0.651. The predicted octanol–water partition coefficient (Wildman–Crippen LogP) is 4.90. The molecule has 0 radical (unpaired) electrons. The molecular formula is C24H28N2O5. The van der Waals surface area contributed by atoms with Crippen molar-refractivity contribution in [3.63, 3.8) is 0 Å². The summed E-state index contributed by atoms with van der Waals surface area (Å²) in [5, 5.41) is 0. The zero-order valence-corrected chi connectivity index (χ0v) is 18.7. The number of hydrogen-bond acceptors (Lipinski definition) is 5. The average Bonchev–Trinajstić information content (AvgIpc) is 3.03. The normalized spacial score (nSPS) is 18.5. The molecule has 0 spiro atoms. The smallest absolute Gasteiger partial charge is 0.414 e. The van der Waals surface area contributed by atoms with E-state index < -0.39 is 11.7 Å². The van der Waals surface area contributed by atoms with Gasteiger partial charge in [0.25, 0.3) is 5.91 Å². The van der Waals surface area contributed by atoms with Crippen molar-refractivity contribution in [2.24, 2.45) is 0 Å². The summed E-state index contributed by atoms with van der Waals surface area (Å²) in [5.74, 6) is 0.534. The number of hydrogen-bond donors (Lipinski definition) is 0. The van der Waals surface area contributed by atoms with E-state index in [4.69, 9.17) is 9.15 Å². The molecule has 31 heavy (non-hydrogen) atoms. The van der Waals surface area contributed by atoms with E-state index in [1.807, 2.05) is 45.9 Å². The van der Waals surface area contributed by atoms with Gasteiger partial charge in [-0.15, -0.1) is 0 Å². The van der Waals surface area contributed by atoms with Gasteiger partial charge >= 0.3 is 6.09 Å². The molecule has 0 unspecified atom stereocenters. The fourth-order valence-corrected chi connectivity index (χ4v) is 4.34. The second-order valence-corrected chi connectivity index (χ2v) is 9.23. The Morgan fingerprint density at radius 3 is 2.45 bits per heavy atom. The van der Waals surface area contributed by atoms with Gasteiger partial charge in [-0.2, -0.15) is 0 Å². The molecule has 2 aliphatic rings. The van der Waals surface area contributed by atoms with Crippen molar-refractivity contribution in [2.75, 3.05) is 16.3 Å². The van der Waals surface area contributed by atoms with Crippen LogP contribution in [0.5, 0.6) is 0 Å². The van der Waals surface area contributed by atoms with E-state index in [9.17, 15) is 14.4 Å². The number of nitrogens with zero attached hydrogens (tertiary/aromatic N) is 2. The third kappa shape index (κ3) is 3.73. The molecule has 4 rings (SSSR count). The topological polar surface area (TPSA) is 80.1 Å². The molecule has 0 saturated carbocycles. The van der Waals surface area contributed by atoms with Crippen LogP contribution in [0.15, 0.2) is 28.7 Å². The van der Waals surface area contributed by atoms with E-state index in [1.165, 1.54) is 0 Å². The maximum absolute atomic E-state index is 13.6. The minimum absolute atomic E-state index is 0.0322. The predicted molar refractivity (Wildman–Crippen MR) is 117 cm³/mol. The van der Waals surface area contributed by atoms with Crippen molar-refractivity contribution in [1.82, 2.24) is 0 Å². The number of ether oxygens (including phenoxy) is 1. The van der Waals surface area contributed by atoms with E-state index in [1.54, 1.807) is 22.8 Å². The van der Waals surface area contributed by atoms with Crippen LogP contribution in [0, 0.1) is 6.92 Å². The van der Waals surface area contributed by atoms with Crippen LogP contribution in [-0.4, -0.2) is 36.0 Å². The van der Waals surface area contributed by atoms with Gasteiger partial charge in [-0.3, -0.25) is 19.4 Å². The van der Waals surface area contributed by atoms with E-state index in [0.717, 1.165) is 6.42 Å². The fraction of sp³-hybridized carbons (Fsp3) is 0.458. The van der Waals surface area contributed by atoms with Crippen LogP contribution in [0.3, 0.4) is 0 Å². The molecule has 0 N–H and O–H groups in total. The van der Waals surface area contributed by atoms with Crippen molar-refractivity contribution < 1.29 is 23.5 Å². The van der Waals surface area contributed by atoms with Crippen LogP contribution in [0.25, 0.3) is 0 Å². The first-order valence-electron chi connectivity index (χ1n) is 10.7. The Morgan fingerprint density at radius 2 is 1.81 bits per heavy atom. The van der Waals surface area contributed by atoms with Gasteiger partial charge < -0.3 is 9.15 Å². The first kappa shape index (κ1) is 21.2. The zero-order chi connectivity index (χ0) is 22.5. The molecule has 2 aromatic rings. The highest BCUT2D eigenvalue weighted by molar-refractivity contribution is 6.11. The Hall–Kier alpha value is -3.09. The number of furan rings is 1. The van der Waals surface area contributed by atoms with Gasteiger partial charge in [0.15, 0.2) is 11.5 Å². The molecule has 1 aliphatic carbocycles. The highest BCUT2D eigenvalue weighted by atomic mass is 16.6. The van der Waals surface area contributed by atoms with Crippen LogP contribution in [0.2, 0.25) is 0 Å². The SMILES string of the molecule is Cc1c(C(=O)N2c3ccccc3N(C(=O)OC(C)(C)C)C[C@@H]2C)oc2c1C(=O)CCC2. The molecule has 7 heteroatoms. The third-order valence-corrected chi connectivity index (χ3v) is 5.65. The highest BCUT2D eigenvalue weighted by Gasteiger charge is 2.39. The number of amides is 2. The Morgan fingerprint density at radius 1 is 1.13 bits per heavy atom. The number of aryl methyl sites for hydroxylation is 1. The van der Waals surface area contributed by atoms with Crippen molar-refractivity contribution in [1.29, 1.82) is 0 Å². The molecule has 1 aliphatic heterocycles. The summed E-state index contributed by atoms with van der Waals surface area (Å²) in [5.41, 5.74) is 1.75. The number of ketones is 1. The number of fused-ring (bicyclic) bond motifs is 2. The zero-order valence-electron chi connectivity index (χ0n) is 18.7. The van der Waals surface area contributed by atoms with Crippen molar-refractivity contribution in [3.05, 3.63) is 46.9 Å². The van der Waals surface area contributed by atoms with Gasteiger partial charge in [-0.25, -0.2) is 4.79 Å². The van der Waals surface area contributed by atoms with Gasteiger partial charge in [0.1, 0.15) is 11.4 Å². The maximum Gasteiger partial charge on any atom is 0.414 e. The van der Waals surface area contributed by atoms with Crippen LogP contribution < -0.4 is 9.80 Å². The second kappa shape index (κ2) is 7.55. The van der Waals surface area contributed by atoms with Crippen molar-refractivity contribution in [2.45, 2.75) is 65.5 Å². The van der Waals surface area contributed by atoms with Crippen LogP contribution in [-0.2, 0) is 11.2 Å². The highest BCUT2D eigenvalue weighted by Crippen LogP contribution is 2.38. The largest absolute Gasteiger partial charge is 0.455 e. The van der Waals surface area contributed by atoms with Crippen LogP contribution in [0.4, 0.5) is 16.2 Å². The summed E-state index contributed by atoms with van der Waals surface area (Å²) in [6.07, 6.45) is 1.43. The Bertz CT molecular complexity index is 1060. The van der Waals surface area contributed by atoms with E-state index in [-0.39, 0.29) is 30.0 Å². The molecule has 2 heterocycles. The number of Topliss-reactive ketones (excluding diaryl/α,β-unsaturated/α-hetero) is 1. The van der Waals surface area contributed by atoms with E-state index >= 15 is 0 Å². The first-order chi connectivity index (χ1) is 14.6. The van der Waals surface area contributed by atoms with Crippen molar-refractivity contribution in [3.8, 4) is 0 Å². The Labute approximate surface area is 181 Å². The lowest BCUT2D eigenvalue weighted by Gasteiger charge is -2.41. The summed E-state index contributed by atoms with van der Waals surface area (Å²) in [6, 6.07) is 6.95. The lowest BCUT2D eigenvalue weighted by atomic mass is 9.94. The third-order valence-electron chi connectivity index (χ3n) is 5.65. The molecule has 0 fully saturated rings. The van der Waals surface area contributed by atoms with Crippen LogP contribution >= 0.6 is 0 Å². The lowest BCUT2D eigenvalue weighted by molar-refractivity contribution is 0.0574. The first-order valence-corrected chi connectivity index (χ1v) is 10.7. The molecule has 1 aromatic heterocycles. The number of benzene rings is 1. The average molecular weight is 424 g/mol. The molecule has 7 nitrogen and oxygen atoms in total. The molecule has 1 aromatic carbocycles. The molecule has 0 bridgehead atoms. The standard InChI is InChI=1S/C24H28N2O5/c1-14-13-25(23(29)31-24(3,4)5)16-9-6-7-10-17(16)26(14)22(28)21-15(2)20-18(27)11-8-12-19(20)30-21/h6-7,9-10,14H,8,11-13H2,1-5H3/t14-/m0/s1. The van der Waals surface area contributed by atoms with E-state index in [0.29, 0.717) is 41.1 Å². The number of para-hydroxylation sites is 2. The summed E-state index contributed by atoms with van der Waals surface area (Å²) < 4.78 is 11.5. The minimum Gasteiger partial charge on any atom is -0.455 e. The van der Waals surface area contributed by atoms with E-state index in [2.05, 4.69) is 0 Å². The maximum atomic E-state index is 13.6.